The molecular weight excluding hydrogens is 458 g/mol. The number of primary amides is 1. The van der Waals surface area contributed by atoms with Gasteiger partial charge in [0.05, 0.1) is 25.4 Å². The zero-order valence-electron chi connectivity index (χ0n) is 17.9. The van der Waals surface area contributed by atoms with Crippen molar-refractivity contribution in [3.05, 3.63) is 18.2 Å². The Kier molecular flexibility index (Phi) is 11.1. The molecule has 0 fully saturated rings. The number of H-pyrrole nitrogens is 1. The quantitative estimate of drug-likeness (QED) is 0.114. The van der Waals surface area contributed by atoms with E-state index in [1.54, 1.807) is 0 Å². The van der Waals surface area contributed by atoms with Gasteiger partial charge >= 0.3 is 11.9 Å². The molecule has 4 unspecified atom stereocenters. The van der Waals surface area contributed by atoms with E-state index < -0.39 is 85.6 Å². The molecule has 4 atom stereocenters. The van der Waals surface area contributed by atoms with Gasteiger partial charge in [0.2, 0.25) is 23.6 Å². The van der Waals surface area contributed by atoms with Crippen LogP contribution in [0.1, 0.15) is 25.0 Å². The topological polar surface area (TPSA) is 280 Å². The second-order valence-electron chi connectivity index (χ2n) is 7.19. The molecule has 11 N–H and O–H groups in total. The Hall–Kier alpha value is -4.05. The molecule has 1 aromatic heterocycles. The maximum absolute atomic E-state index is 12.5. The maximum atomic E-state index is 12.5. The highest BCUT2D eigenvalue weighted by Crippen LogP contribution is 2.03. The minimum atomic E-state index is -1.72. The second kappa shape index (κ2) is 13.5. The van der Waals surface area contributed by atoms with Crippen LogP contribution in [0, 0.1) is 0 Å². The smallest absolute Gasteiger partial charge is 0.326 e. The summed E-state index contributed by atoms with van der Waals surface area (Å²) in [6.07, 6.45) is 1.08. The summed E-state index contributed by atoms with van der Waals surface area (Å²) in [6.45, 7) is -0.888. The van der Waals surface area contributed by atoms with Crippen LogP contribution in [0.4, 0.5) is 0 Å². The highest BCUT2D eigenvalue weighted by atomic mass is 16.4. The van der Waals surface area contributed by atoms with Gasteiger partial charge in [0.15, 0.2) is 0 Å². The van der Waals surface area contributed by atoms with E-state index >= 15 is 0 Å². The first kappa shape index (κ1) is 28.0. The number of hydrogen-bond donors (Lipinski definition) is 9. The SMILES string of the molecule is NC(=O)CC(NC(=O)C(CCC(=O)O)NC(=O)C(CO)NC(=O)C(N)Cc1cnc[nH]1)C(=O)O. The Morgan fingerprint density at radius 3 is 2.06 bits per heavy atom. The largest absolute Gasteiger partial charge is 0.481 e. The van der Waals surface area contributed by atoms with Crippen LogP contribution in [0.25, 0.3) is 0 Å². The zero-order valence-corrected chi connectivity index (χ0v) is 17.9. The fourth-order valence-corrected chi connectivity index (χ4v) is 2.68. The van der Waals surface area contributed by atoms with E-state index in [4.69, 9.17) is 21.7 Å². The molecule has 0 bridgehead atoms. The standard InChI is InChI=1S/C18H27N7O9/c19-9(3-8-5-21-7-22-8)15(30)25-12(6-26)17(32)23-10(1-2-14(28)29)16(31)24-11(18(33)34)4-13(20)27/h5,7,9-12,26H,1-4,6,19H2,(H2,20,27)(H,21,22)(H,23,32)(H,24,31)(H,25,30)(H,28,29)(H,33,34). The van der Waals surface area contributed by atoms with Crippen molar-refractivity contribution in [2.24, 2.45) is 11.5 Å². The number of carboxylic acids is 2. The number of aliphatic hydroxyl groups excluding tert-OH is 1. The molecule has 34 heavy (non-hydrogen) atoms. The van der Waals surface area contributed by atoms with Gasteiger partial charge in [0.25, 0.3) is 0 Å². The Labute approximate surface area is 192 Å². The third kappa shape index (κ3) is 9.61. The number of nitrogens with one attached hydrogen (secondary N) is 4. The van der Waals surface area contributed by atoms with Gasteiger partial charge in [-0.2, -0.15) is 0 Å². The molecule has 4 amide bonds. The van der Waals surface area contributed by atoms with Gasteiger partial charge in [0.1, 0.15) is 18.1 Å². The molecule has 0 aromatic carbocycles. The van der Waals surface area contributed by atoms with Crippen molar-refractivity contribution in [1.82, 2.24) is 25.9 Å². The van der Waals surface area contributed by atoms with Gasteiger partial charge in [-0.25, -0.2) is 9.78 Å². The third-order valence-corrected chi connectivity index (χ3v) is 4.45. The van der Waals surface area contributed by atoms with Crippen LogP contribution in [-0.4, -0.2) is 91.6 Å². The number of nitrogens with two attached hydrogens (primary N) is 2. The number of rotatable bonds is 15. The third-order valence-electron chi connectivity index (χ3n) is 4.45. The molecule has 16 heteroatoms. The first-order valence-corrected chi connectivity index (χ1v) is 9.92. The number of aromatic nitrogens is 2. The number of imidazole rings is 1. The number of carbonyl (C=O) groups is 6. The van der Waals surface area contributed by atoms with Gasteiger partial charge in [-0.15, -0.1) is 0 Å². The van der Waals surface area contributed by atoms with Crippen molar-refractivity contribution >= 4 is 35.6 Å². The summed E-state index contributed by atoms with van der Waals surface area (Å²) in [6, 6.07) is -5.95. The summed E-state index contributed by atoms with van der Waals surface area (Å²) >= 11 is 0. The Balaban J connectivity index is 2.86. The van der Waals surface area contributed by atoms with Crippen LogP contribution >= 0.6 is 0 Å². The number of hydrogen-bond acceptors (Lipinski definition) is 9. The number of nitrogens with zero attached hydrogens (tertiary/aromatic N) is 1. The van der Waals surface area contributed by atoms with E-state index in [1.165, 1.54) is 12.5 Å². The fraction of sp³-hybridized carbons (Fsp3) is 0.500. The highest BCUT2D eigenvalue weighted by molar-refractivity contribution is 5.95. The predicted octanol–water partition coefficient (Wildman–Crippen LogP) is -4.45. The summed E-state index contributed by atoms with van der Waals surface area (Å²) < 4.78 is 0. The van der Waals surface area contributed by atoms with Crippen molar-refractivity contribution in [3.63, 3.8) is 0 Å². The van der Waals surface area contributed by atoms with Crippen LogP contribution in [0.2, 0.25) is 0 Å². The molecule has 0 radical (unpaired) electrons. The summed E-state index contributed by atoms with van der Waals surface area (Å²) in [5.74, 6) is -6.88. The molecule has 0 saturated carbocycles. The summed E-state index contributed by atoms with van der Waals surface area (Å²) in [4.78, 5) is 77.0. The lowest BCUT2D eigenvalue weighted by molar-refractivity contribution is -0.144. The Morgan fingerprint density at radius 1 is 0.971 bits per heavy atom. The first-order valence-electron chi connectivity index (χ1n) is 9.92. The molecule has 188 valence electrons. The van der Waals surface area contributed by atoms with E-state index in [0.717, 1.165) is 0 Å². The molecule has 16 nitrogen and oxygen atoms in total. The predicted molar refractivity (Wildman–Crippen MR) is 111 cm³/mol. The average Bonchev–Trinajstić information content (AvgIpc) is 3.26. The lowest BCUT2D eigenvalue weighted by Gasteiger charge is -2.24. The minimum Gasteiger partial charge on any atom is -0.481 e. The average molecular weight is 485 g/mol. The first-order chi connectivity index (χ1) is 15.9. The highest BCUT2D eigenvalue weighted by Gasteiger charge is 2.31. The van der Waals surface area contributed by atoms with E-state index in [2.05, 4.69) is 20.6 Å². The van der Waals surface area contributed by atoms with Crippen LogP contribution in [0.5, 0.6) is 0 Å². The van der Waals surface area contributed by atoms with E-state index in [-0.39, 0.29) is 6.42 Å². The number of aromatic amines is 1. The fourth-order valence-electron chi connectivity index (χ4n) is 2.68. The van der Waals surface area contributed by atoms with Gasteiger partial charge in [-0.1, -0.05) is 0 Å². The van der Waals surface area contributed by atoms with Crippen LogP contribution in [-0.2, 0) is 35.2 Å². The summed E-state index contributed by atoms with van der Waals surface area (Å²) in [7, 11) is 0. The number of carbonyl (C=O) groups excluding carboxylic acids is 4. The number of carboxylic acid groups (broad SMARTS) is 2. The van der Waals surface area contributed by atoms with Crippen molar-refractivity contribution in [2.45, 2.75) is 49.9 Å². The molecule has 1 heterocycles. The van der Waals surface area contributed by atoms with E-state index in [9.17, 15) is 33.9 Å². The zero-order chi connectivity index (χ0) is 25.8. The van der Waals surface area contributed by atoms with Crippen molar-refractivity contribution in [1.29, 1.82) is 0 Å². The molecular formula is C18H27N7O9. The van der Waals surface area contributed by atoms with Gasteiger partial charge < -0.3 is 47.7 Å². The second-order valence-corrected chi connectivity index (χ2v) is 7.19. The van der Waals surface area contributed by atoms with Crippen molar-refractivity contribution in [3.8, 4) is 0 Å². The number of aliphatic carboxylic acids is 2. The normalized spacial score (nSPS) is 14.2. The number of aliphatic hydroxyl groups is 1. The molecule has 0 aliphatic rings. The van der Waals surface area contributed by atoms with Crippen LogP contribution in [0.3, 0.4) is 0 Å². The van der Waals surface area contributed by atoms with Gasteiger partial charge in [-0.05, 0) is 6.42 Å². The van der Waals surface area contributed by atoms with Gasteiger partial charge in [0, 0.05) is 24.7 Å². The van der Waals surface area contributed by atoms with Crippen molar-refractivity contribution < 1.29 is 44.1 Å². The van der Waals surface area contributed by atoms with Gasteiger partial charge in [-0.3, -0.25) is 24.0 Å². The van der Waals surface area contributed by atoms with Crippen LogP contribution < -0.4 is 27.4 Å². The Morgan fingerprint density at radius 2 is 1.56 bits per heavy atom. The lowest BCUT2D eigenvalue weighted by Crippen LogP contribution is -2.58. The minimum absolute atomic E-state index is 0.0473. The number of amides is 4. The Bertz CT molecular complexity index is 890. The van der Waals surface area contributed by atoms with E-state index in [0.29, 0.717) is 5.69 Å². The molecule has 0 saturated heterocycles. The van der Waals surface area contributed by atoms with E-state index in [1.807, 2.05) is 5.32 Å². The van der Waals surface area contributed by atoms with Crippen molar-refractivity contribution in [2.75, 3.05) is 6.61 Å². The molecule has 0 aliphatic carbocycles. The monoisotopic (exact) mass is 485 g/mol. The van der Waals surface area contributed by atoms with Crippen LogP contribution in [0.15, 0.2) is 12.5 Å². The lowest BCUT2D eigenvalue weighted by atomic mass is 10.1. The summed E-state index contributed by atoms with van der Waals surface area (Å²) in [5, 5.41) is 33.9. The molecule has 0 aliphatic heterocycles. The molecule has 0 spiro atoms. The maximum Gasteiger partial charge on any atom is 0.326 e. The summed E-state index contributed by atoms with van der Waals surface area (Å²) in [5.41, 5.74) is 11.3. The molecule has 1 rings (SSSR count). The molecule has 1 aromatic rings.